The number of benzene rings is 2. The van der Waals surface area contributed by atoms with E-state index in [1.165, 1.54) is 25.3 Å². The van der Waals surface area contributed by atoms with Gasteiger partial charge in [0.05, 0.1) is 12.7 Å². The topological polar surface area (TPSA) is 78.6 Å². The average Bonchev–Trinajstić information content (AvgIpc) is 2.54. The number of alkyl halides is 3. The van der Waals surface area contributed by atoms with E-state index in [1.54, 1.807) is 0 Å². The third-order valence-electron chi connectivity index (χ3n) is 3.11. The molecule has 24 heavy (non-hydrogen) atoms. The first-order valence-electron chi connectivity index (χ1n) is 6.58. The maximum absolute atomic E-state index is 13.2. The van der Waals surface area contributed by atoms with Crippen LogP contribution in [-0.4, -0.2) is 19.3 Å². The zero-order valence-electron chi connectivity index (χ0n) is 12.4. The van der Waals surface area contributed by atoms with Crippen LogP contribution in [0.1, 0.15) is 26.3 Å². The van der Waals surface area contributed by atoms with Crippen molar-refractivity contribution in [1.82, 2.24) is 0 Å². The van der Waals surface area contributed by atoms with Crippen LogP contribution >= 0.6 is 0 Å². The van der Waals surface area contributed by atoms with Crippen LogP contribution in [0.15, 0.2) is 36.4 Å². The van der Waals surface area contributed by atoms with Crippen molar-refractivity contribution in [2.24, 2.45) is 5.73 Å². The Balaban J connectivity index is 2.50. The first kappa shape index (κ1) is 17.3. The van der Waals surface area contributed by atoms with Gasteiger partial charge in [0, 0.05) is 11.1 Å². The number of hydrogen-bond donors (Lipinski definition) is 1. The average molecular weight is 339 g/mol. The van der Waals surface area contributed by atoms with Crippen LogP contribution in [0.3, 0.4) is 0 Å². The van der Waals surface area contributed by atoms with Gasteiger partial charge < -0.3 is 15.2 Å². The van der Waals surface area contributed by atoms with Gasteiger partial charge in [-0.2, -0.15) is 13.2 Å². The van der Waals surface area contributed by atoms with E-state index in [4.69, 9.17) is 15.2 Å². The fraction of sp³-hybridized carbons (Fsp3) is 0.125. The van der Waals surface area contributed by atoms with Crippen molar-refractivity contribution in [3.8, 4) is 17.2 Å². The smallest absolute Gasteiger partial charge is 0.420 e. The predicted octanol–water partition coefficient (Wildman–Crippen LogP) is 3.42. The molecule has 0 radical (unpaired) electrons. The quantitative estimate of drug-likeness (QED) is 0.847. The van der Waals surface area contributed by atoms with E-state index in [1.807, 2.05) is 0 Å². The van der Waals surface area contributed by atoms with Crippen LogP contribution in [0.4, 0.5) is 13.2 Å². The first-order chi connectivity index (χ1) is 11.3. The number of halogens is 3. The summed E-state index contributed by atoms with van der Waals surface area (Å²) in [5.74, 6) is -1.43. The zero-order chi connectivity index (χ0) is 17.9. The minimum atomic E-state index is -4.75. The molecule has 0 aliphatic heterocycles. The molecule has 0 fully saturated rings. The van der Waals surface area contributed by atoms with Crippen LogP contribution in [-0.2, 0) is 6.18 Å². The lowest BCUT2D eigenvalue weighted by molar-refractivity contribution is -0.138. The summed E-state index contributed by atoms with van der Waals surface area (Å²) >= 11 is 0. The number of amides is 1. The maximum atomic E-state index is 13.2. The van der Waals surface area contributed by atoms with Crippen molar-refractivity contribution >= 4 is 12.2 Å². The number of ether oxygens (including phenoxy) is 2. The number of primary amides is 1. The fourth-order valence-corrected chi connectivity index (χ4v) is 1.95. The Labute approximate surface area is 134 Å². The van der Waals surface area contributed by atoms with Crippen LogP contribution in [0, 0.1) is 0 Å². The first-order valence-corrected chi connectivity index (χ1v) is 6.58. The summed E-state index contributed by atoms with van der Waals surface area (Å²) in [6, 6.07) is 6.74. The van der Waals surface area contributed by atoms with Crippen molar-refractivity contribution in [2.45, 2.75) is 6.18 Å². The van der Waals surface area contributed by atoms with Crippen molar-refractivity contribution in [3.05, 3.63) is 53.1 Å². The van der Waals surface area contributed by atoms with Gasteiger partial charge in [-0.15, -0.1) is 0 Å². The molecular weight excluding hydrogens is 327 g/mol. The van der Waals surface area contributed by atoms with Gasteiger partial charge in [0.15, 0.2) is 11.5 Å². The Morgan fingerprint density at radius 2 is 1.75 bits per heavy atom. The molecule has 2 N–H and O–H groups in total. The van der Waals surface area contributed by atoms with Crippen molar-refractivity contribution in [3.63, 3.8) is 0 Å². The number of nitrogens with two attached hydrogens (primary N) is 1. The van der Waals surface area contributed by atoms with Gasteiger partial charge >= 0.3 is 6.18 Å². The lowest BCUT2D eigenvalue weighted by Gasteiger charge is -2.16. The second kappa shape index (κ2) is 6.61. The van der Waals surface area contributed by atoms with Gasteiger partial charge in [0.2, 0.25) is 5.91 Å². The Hall–Kier alpha value is -3.03. The Morgan fingerprint density at radius 3 is 2.29 bits per heavy atom. The molecule has 0 aromatic heterocycles. The number of hydrogen-bond acceptors (Lipinski definition) is 4. The molecule has 5 nitrogen and oxygen atoms in total. The van der Waals surface area contributed by atoms with E-state index < -0.39 is 23.4 Å². The zero-order valence-corrected chi connectivity index (χ0v) is 12.4. The molecule has 0 bridgehead atoms. The minimum Gasteiger partial charge on any atom is -0.493 e. The van der Waals surface area contributed by atoms with E-state index in [9.17, 15) is 22.8 Å². The summed E-state index contributed by atoms with van der Waals surface area (Å²) in [6.07, 6.45) is -4.19. The molecule has 2 aromatic rings. The standard InChI is InChI=1S/C16H12F3NO4/c1-23-14-6-9(8-21)2-4-13(14)24-12-5-3-10(15(20)22)7-11(12)16(17,18)19/h2-8H,1H3,(H2,20,22). The lowest BCUT2D eigenvalue weighted by atomic mass is 10.1. The summed E-state index contributed by atoms with van der Waals surface area (Å²) < 4.78 is 49.8. The van der Waals surface area contributed by atoms with Gasteiger partial charge in [-0.3, -0.25) is 9.59 Å². The number of carbonyl (C=O) groups is 2. The highest BCUT2D eigenvalue weighted by molar-refractivity contribution is 5.93. The van der Waals surface area contributed by atoms with Crippen LogP contribution in [0.2, 0.25) is 0 Å². The van der Waals surface area contributed by atoms with E-state index in [0.29, 0.717) is 12.4 Å². The van der Waals surface area contributed by atoms with E-state index in [0.717, 1.165) is 12.1 Å². The summed E-state index contributed by atoms with van der Waals surface area (Å²) in [7, 11) is 1.29. The highest BCUT2D eigenvalue weighted by atomic mass is 19.4. The second-order valence-corrected chi connectivity index (χ2v) is 4.70. The molecule has 126 valence electrons. The Kier molecular flexibility index (Phi) is 4.77. The molecule has 0 heterocycles. The molecule has 0 atom stereocenters. The minimum absolute atomic E-state index is 0.0135. The van der Waals surface area contributed by atoms with E-state index in [-0.39, 0.29) is 22.6 Å². The van der Waals surface area contributed by atoms with Gasteiger partial charge in [-0.25, -0.2) is 0 Å². The highest BCUT2D eigenvalue weighted by Crippen LogP contribution is 2.40. The number of rotatable bonds is 5. The molecule has 2 rings (SSSR count). The van der Waals surface area contributed by atoms with Gasteiger partial charge in [0.25, 0.3) is 0 Å². The van der Waals surface area contributed by atoms with Gasteiger partial charge in [-0.1, -0.05) is 0 Å². The van der Waals surface area contributed by atoms with Crippen molar-refractivity contribution < 1.29 is 32.2 Å². The Bertz CT molecular complexity index is 787. The summed E-state index contributed by atoms with van der Waals surface area (Å²) in [5, 5.41) is 0. The molecule has 0 saturated carbocycles. The molecular formula is C16H12F3NO4. The highest BCUT2D eigenvalue weighted by Gasteiger charge is 2.35. The third-order valence-corrected chi connectivity index (χ3v) is 3.11. The summed E-state index contributed by atoms with van der Waals surface area (Å²) in [6.45, 7) is 0. The molecule has 0 aliphatic rings. The number of methoxy groups -OCH3 is 1. The van der Waals surface area contributed by atoms with E-state index in [2.05, 4.69) is 0 Å². The van der Waals surface area contributed by atoms with Gasteiger partial charge in [-0.05, 0) is 36.4 Å². The molecule has 0 saturated heterocycles. The lowest BCUT2D eigenvalue weighted by Crippen LogP contribution is -2.14. The maximum Gasteiger partial charge on any atom is 0.420 e. The molecule has 0 aliphatic carbocycles. The molecule has 2 aromatic carbocycles. The summed E-state index contributed by atoms with van der Waals surface area (Å²) in [4.78, 5) is 21.8. The SMILES string of the molecule is COc1cc(C=O)ccc1Oc1ccc(C(N)=O)cc1C(F)(F)F. The van der Waals surface area contributed by atoms with Crippen molar-refractivity contribution in [1.29, 1.82) is 0 Å². The summed E-state index contributed by atoms with van der Waals surface area (Å²) in [5.41, 5.74) is 3.84. The van der Waals surface area contributed by atoms with Crippen molar-refractivity contribution in [2.75, 3.05) is 7.11 Å². The van der Waals surface area contributed by atoms with E-state index >= 15 is 0 Å². The number of carbonyl (C=O) groups excluding carboxylic acids is 2. The second-order valence-electron chi connectivity index (χ2n) is 4.70. The van der Waals surface area contributed by atoms with Crippen LogP contribution in [0.5, 0.6) is 17.2 Å². The number of aldehydes is 1. The molecule has 1 amide bonds. The van der Waals surface area contributed by atoms with Crippen LogP contribution < -0.4 is 15.2 Å². The predicted molar refractivity (Wildman–Crippen MR) is 78.4 cm³/mol. The largest absolute Gasteiger partial charge is 0.493 e. The molecule has 0 unspecified atom stereocenters. The molecule has 8 heteroatoms. The Morgan fingerprint density at radius 1 is 1.08 bits per heavy atom. The van der Waals surface area contributed by atoms with Crippen LogP contribution in [0.25, 0.3) is 0 Å². The monoisotopic (exact) mass is 339 g/mol. The fourth-order valence-electron chi connectivity index (χ4n) is 1.95. The van der Waals surface area contributed by atoms with Gasteiger partial charge in [0.1, 0.15) is 12.0 Å². The molecule has 0 spiro atoms. The normalized spacial score (nSPS) is 11.0. The third kappa shape index (κ3) is 3.65.